The van der Waals surface area contributed by atoms with Crippen LogP contribution in [0.25, 0.3) is 16.9 Å². The molecule has 0 amide bonds. The molecule has 0 unspecified atom stereocenters. The van der Waals surface area contributed by atoms with E-state index in [0.717, 1.165) is 18.5 Å². The number of rotatable bonds is 9. The molecular weight excluding hydrogens is 392 g/mol. The van der Waals surface area contributed by atoms with Crippen LogP contribution >= 0.6 is 0 Å². The largest absolute Gasteiger partial charge is 0.480 e. The van der Waals surface area contributed by atoms with E-state index in [1.54, 1.807) is 13.3 Å². The van der Waals surface area contributed by atoms with Crippen molar-refractivity contribution in [2.75, 3.05) is 17.2 Å². The van der Waals surface area contributed by atoms with Crippen molar-refractivity contribution in [1.29, 1.82) is 0 Å². The molecule has 4 rings (SSSR count). The zero-order valence-electron chi connectivity index (χ0n) is 17.2. The van der Waals surface area contributed by atoms with E-state index < -0.39 is 12.0 Å². The van der Waals surface area contributed by atoms with Gasteiger partial charge in [-0.15, -0.1) is 0 Å². The summed E-state index contributed by atoms with van der Waals surface area (Å²) in [5.41, 5.74) is 3.31. The minimum absolute atomic E-state index is 0.389. The van der Waals surface area contributed by atoms with Gasteiger partial charge in [0.2, 0.25) is 5.95 Å². The van der Waals surface area contributed by atoms with Crippen molar-refractivity contribution in [3.63, 3.8) is 0 Å². The van der Waals surface area contributed by atoms with Gasteiger partial charge in [-0.1, -0.05) is 48.5 Å². The fraction of sp³-hybridized carbons (Fsp3) is 0.217. The summed E-state index contributed by atoms with van der Waals surface area (Å²) in [5.74, 6) is -0.148. The molecule has 31 heavy (non-hydrogen) atoms. The number of carboxylic acid groups (broad SMARTS) is 1. The Balaban J connectivity index is 1.60. The highest BCUT2D eigenvalue weighted by Gasteiger charge is 2.18. The zero-order valence-corrected chi connectivity index (χ0v) is 17.2. The number of nitrogens with zero attached hydrogens (tertiary/aromatic N) is 4. The van der Waals surface area contributed by atoms with Crippen LogP contribution in [-0.4, -0.2) is 43.2 Å². The van der Waals surface area contributed by atoms with Crippen LogP contribution < -0.4 is 10.6 Å². The predicted molar refractivity (Wildman–Crippen MR) is 121 cm³/mol. The van der Waals surface area contributed by atoms with Gasteiger partial charge in [-0.2, -0.15) is 9.97 Å². The Morgan fingerprint density at radius 3 is 2.48 bits per heavy atom. The van der Waals surface area contributed by atoms with Gasteiger partial charge in [0.25, 0.3) is 0 Å². The molecule has 0 aliphatic rings. The Hall–Kier alpha value is -3.94. The molecule has 0 saturated heterocycles. The summed E-state index contributed by atoms with van der Waals surface area (Å²) in [7, 11) is 0. The van der Waals surface area contributed by atoms with E-state index in [9.17, 15) is 9.90 Å². The minimum Gasteiger partial charge on any atom is -0.480 e. The highest BCUT2D eigenvalue weighted by atomic mass is 16.4. The second-order valence-electron chi connectivity index (χ2n) is 7.24. The van der Waals surface area contributed by atoms with Crippen LogP contribution in [0.4, 0.5) is 11.8 Å². The van der Waals surface area contributed by atoms with Crippen LogP contribution in [0.2, 0.25) is 0 Å². The first-order valence-electron chi connectivity index (χ1n) is 10.2. The molecule has 158 valence electrons. The van der Waals surface area contributed by atoms with Gasteiger partial charge in [0, 0.05) is 12.2 Å². The van der Waals surface area contributed by atoms with E-state index in [1.165, 1.54) is 5.56 Å². The molecule has 0 radical (unpaired) electrons. The maximum Gasteiger partial charge on any atom is 0.325 e. The minimum atomic E-state index is -0.966. The van der Waals surface area contributed by atoms with Gasteiger partial charge in [-0.05, 0) is 37.5 Å². The molecule has 3 N–H and O–H groups in total. The molecule has 2 aromatic carbocycles. The number of aryl methyl sites for hydroxylation is 1. The number of fused-ring (bicyclic) bond motifs is 1. The number of imidazole rings is 1. The van der Waals surface area contributed by atoms with Gasteiger partial charge in [0.15, 0.2) is 17.0 Å². The number of nitrogens with one attached hydrogen (secondary N) is 2. The number of aliphatic carboxylic acids is 1. The second-order valence-corrected chi connectivity index (χ2v) is 7.24. The number of anilines is 2. The fourth-order valence-corrected chi connectivity index (χ4v) is 3.26. The molecule has 0 fully saturated rings. The van der Waals surface area contributed by atoms with Gasteiger partial charge in [-0.3, -0.25) is 9.36 Å². The van der Waals surface area contributed by atoms with Crippen LogP contribution in [0.15, 0.2) is 67.0 Å². The number of para-hydroxylation sites is 1. The van der Waals surface area contributed by atoms with E-state index in [0.29, 0.717) is 29.5 Å². The fourth-order valence-electron chi connectivity index (χ4n) is 3.26. The molecule has 2 heterocycles. The Labute approximate surface area is 180 Å². The summed E-state index contributed by atoms with van der Waals surface area (Å²) in [6.45, 7) is 2.26. The van der Waals surface area contributed by atoms with Gasteiger partial charge >= 0.3 is 5.97 Å². The van der Waals surface area contributed by atoms with Crippen molar-refractivity contribution in [2.45, 2.75) is 25.8 Å². The third-order valence-electron chi connectivity index (χ3n) is 4.92. The summed E-state index contributed by atoms with van der Waals surface area (Å²) in [4.78, 5) is 25.0. The molecule has 8 nitrogen and oxygen atoms in total. The van der Waals surface area contributed by atoms with Gasteiger partial charge in [-0.25, -0.2) is 4.98 Å². The van der Waals surface area contributed by atoms with Crippen molar-refractivity contribution >= 4 is 28.9 Å². The van der Waals surface area contributed by atoms with Gasteiger partial charge < -0.3 is 15.7 Å². The maximum absolute atomic E-state index is 11.3. The molecule has 0 bridgehead atoms. The van der Waals surface area contributed by atoms with Crippen LogP contribution in [0.5, 0.6) is 0 Å². The standard InChI is InChI=1S/C23H24N6O2/c1-16(22(30)31)26-20-19-21(29(15-25-19)18-12-6-3-7-13-18)28-23(27-20)24-14-8-11-17-9-4-2-5-10-17/h2-7,9-10,12-13,15-16H,8,11,14H2,1H3,(H,30,31)(H2,24,26,27,28)/t16-/m0/s1. The number of benzene rings is 2. The smallest absolute Gasteiger partial charge is 0.325 e. The molecule has 0 spiro atoms. The second kappa shape index (κ2) is 9.25. The summed E-state index contributed by atoms with van der Waals surface area (Å²) >= 11 is 0. The molecule has 8 heteroatoms. The first-order valence-corrected chi connectivity index (χ1v) is 10.2. The third-order valence-corrected chi connectivity index (χ3v) is 4.92. The number of hydrogen-bond donors (Lipinski definition) is 3. The Morgan fingerprint density at radius 2 is 1.77 bits per heavy atom. The van der Waals surface area contributed by atoms with Crippen LogP contribution in [0.3, 0.4) is 0 Å². The lowest BCUT2D eigenvalue weighted by Gasteiger charge is -2.13. The number of carboxylic acids is 1. The zero-order chi connectivity index (χ0) is 21.6. The molecule has 4 aromatic rings. The SMILES string of the molecule is C[C@H](Nc1nc(NCCCc2ccccc2)nc2c1ncn2-c1ccccc1)C(=O)O. The number of hydrogen-bond acceptors (Lipinski definition) is 6. The molecule has 2 aromatic heterocycles. The third kappa shape index (κ3) is 4.80. The summed E-state index contributed by atoms with van der Waals surface area (Å²) in [6, 6.07) is 19.2. The van der Waals surface area contributed by atoms with Crippen LogP contribution in [0, 0.1) is 0 Å². The molecule has 0 aliphatic carbocycles. The van der Waals surface area contributed by atoms with E-state index in [-0.39, 0.29) is 0 Å². The maximum atomic E-state index is 11.3. The first kappa shape index (κ1) is 20.3. The van der Waals surface area contributed by atoms with E-state index in [1.807, 2.05) is 53.1 Å². The Kier molecular flexibility index (Phi) is 6.07. The summed E-state index contributed by atoms with van der Waals surface area (Å²) in [5, 5.41) is 15.5. The quantitative estimate of drug-likeness (QED) is 0.357. The highest BCUT2D eigenvalue weighted by molar-refractivity contribution is 5.88. The van der Waals surface area contributed by atoms with Crippen molar-refractivity contribution in [1.82, 2.24) is 19.5 Å². The highest BCUT2D eigenvalue weighted by Crippen LogP contribution is 2.24. The Bertz CT molecular complexity index is 1160. The summed E-state index contributed by atoms with van der Waals surface area (Å²) < 4.78 is 1.86. The monoisotopic (exact) mass is 416 g/mol. The average molecular weight is 416 g/mol. The molecule has 0 saturated carbocycles. The molecule has 0 aliphatic heterocycles. The van der Waals surface area contributed by atoms with Crippen molar-refractivity contribution in [3.05, 3.63) is 72.6 Å². The van der Waals surface area contributed by atoms with Gasteiger partial charge in [0.05, 0.1) is 0 Å². The number of aromatic nitrogens is 4. The topological polar surface area (TPSA) is 105 Å². The van der Waals surface area contributed by atoms with Crippen LogP contribution in [0.1, 0.15) is 18.9 Å². The van der Waals surface area contributed by atoms with Crippen molar-refractivity contribution in [3.8, 4) is 5.69 Å². The molecule has 1 atom stereocenters. The lowest BCUT2D eigenvalue weighted by Crippen LogP contribution is -2.26. The van der Waals surface area contributed by atoms with Gasteiger partial charge in [0.1, 0.15) is 12.4 Å². The lowest BCUT2D eigenvalue weighted by atomic mass is 10.1. The Morgan fingerprint density at radius 1 is 1.06 bits per heavy atom. The normalized spacial score (nSPS) is 11.9. The van der Waals surface area contributed by atoms with E-state index in [4.69, 9.17) is 0 Å². The molecular formula is C23H24N6O2. The average Bonchev–Trinajstić information content (AvgIpc) is 3.22. The van der Waals surface area contributed by atoms with Crippen molar-refractivity contribution < 1.29 is 9.90 Å². The lowest BCUT2D eigenvalue weighted by molar-refractivity contribution is -0.137. The predicted octanol–water partition coefficient (Wildman–Crippen LogP) is 3.75. The van der Waals surface area contributed by atoms with E-state index in [2.05, 4.69) is 37.7 Å². The summed E-state index contributed by atoms with van der Waals surface area (Å²) in [6.07, 6.45) is 3.53. The van der Waals surface area contributed by atoms with Crippen LogP contribution in [-0.2, 0) is 11.2 Å². The van der Waals surface area contributed by atoms with Crippen molar-refractivity contribution in [2.24, 2.45) is 0 Å². The van der Waals surface area contributed by atoms with E-state index >= 15 is 0 Å². The number of carbonyl (C=O) groups is 1. The first-order chi connectivity index (χ1) is 15.1.